The second-order valence-corrected chi connectivity index (χ2v) is 7.04. The molecule has 0 saturated heterocycles. The van der Waals surface area contributed by atoms with Gasteiger partial charge in [0, 0.05) is 12.1 Å². The van der Waals surface area contributed by atoms with Crippen LogP contribution >= 0.6 is 0 Å². The number of nitrogens with one attached hydrogen (secondary N) is 1. The van der Waals surface area contributed by atoms with Crippen LogP contribution in [-0.2, 0) is 0 Å². The van der Waals surface area contributed by atoms with E-state index in [0.29, 0.717) is 36.3 Å². The topological polar surface area (TPSA) is 69.3 Å². The lowest BCUT2D eigenvalue weighted by Crippen LogP contribution is -2.39. The Bertz CT molecular complexity index is 1060. The van der Waals surface area contributed by atoms with Crippen molar-refractivity contribution in [2.45, 2.75) is 18.8 Å². The number of hydrogen-bond acceptors (Lipinski definition) is 3. The highest BCUT2D eigenvalue weighted by atomic mass is 19.4. The van der Waals surface area contributed by atoms with E-state index in [0.717, 1.165) is 11.3 Å². The van der Waals surface area contributed by atoms with Crippen LogP contribution in [0.4, 0.5) is 13.2 Å². The lowest BCUT2D eigenvalue weighted by molar-refractivity contribution is -0.274. The van der Waals surface area contributed by atoms with Crippen LogP contribution in [0.1, 0.15) is 23.0 Å². The van der Waals surface area contributed by atoms with Gasteiger partial charge in [0.05, 0.1) is 11.7 Å². The molecule has 0 unspecified atom stereocenters. The number of aromatic nitrogens is 1. The summed E-state index contributed by atoms with van der Waals surface area (Å²) in [4.78, 5) is 12.6. The van der Waals surface area contributed by atoms with E-state index in [9.17, 15) is 18.0 Å². The zero-order valence-electron chi connectivity index (χ0n) is 15.9. The van der Waals surface area contributed by atoms with Crippen LogP contribution in [-0.4, -0.2) is 29.9 Å². The summed E-state index contributed by atoms with van der Waals surface area (Å²) in [7, 11) is 0. The van der Waals surface area contributed by atoms with Crippen molar-refractivity contribution < 1.29 is 22.7 Å². The molecule has 0 saturated carbocycles. The van der Waals surface area contributed by atoms with Crippen LogP contribution in [0.5, 0.6) is 5.75 Å². The van der Waals surface area contributed by atoms with Gasteiger partial charge in [0.15, 0.2) is 0 Å². The van der Waals surface area contributed by atoms with Gasteiger partial charge < -0.3 is 20.4 Å². The number of benzene rings is 2. The van der Waals surface area contributed by atoms with Crippen molar-refractivity contribution in [1.82, 2.24) is 9.88 Å². The Kier molecular flexibility index (Phi) is 5.26. The predicted octanol–water partition coefficient (Wildman–Crippen LogP) is 4.35. The van der Waals surface area contributed by atoms with Crippen LogP contribution in [0, 0.1) is 0 Å². The van der Waals surface area contributed by atoms with Crippen molar-refractivity contribution in [3.05, 3.63) is 66.4 Å². The van der Waals surface area contributed by atoms with Gasteiger partial charge in [-0.25, -0.2) is 0 Å². The fourth-order valence-corrected chi connectivity index (χ4v) is 3.87. The van der Waals surface area contributed by atoms with E-state index in [1.54, 1.807) is 12.1 Å². The number of carbonyl (C=O) groups is 1. The van der Waals surface area contributed by atoms with E-state index >= 15 is 0 Å². The highest BCUT2D eigenvalue weighted by Crippen LogP contribution is 2.40. The Morgan fingerprint density at radius 1 is 1.07 bits per heavy atom. The molecule has 0 bridgehead atoms. The first kappa shape index (κ1) is 20.0. The smallest absolute Gasteiger partial charge is 0.406 e. The minimum atomic E-state index is -4.78. The molecule has 4 rings (SSSR count). The normalized spacial score (nSPS) is 16.1. The second-order valence-electron chi connectivity index (χ2n) is 7.04. The number of halogens is 3. The quantitative estimate of drug-likeness (QED) is 0.651. The Balaban J connectivity index is 1.92. The van der Waals surface area contributed by atoms with Crippen LogP contribution in [0.3, 0.4) is 0 Å². The van der Waals surface area contributed by atoms with Gasteiger partial charge in [-0.1, -0.05) is 42.5 Å². The molecular weight excluding hydrogens is 395 g/mol. The summed E-state index contributed by atoms with van der Waals surface area (Å²) >= 11 is 0. The highest BCUT2D eigenvalue weighted by Gasteiger charge is 2.32. The molecule has 1 amide bonds. The Morgan fingerprint density at radius 3 is 2.50 bits per heavy atom. The summed E-state index contributed by atoms with van der Waals surface area (Å²) < 4.78 is 44.1. The third kappa shape index (κ3) is 3.91. The summed E-state index contributed by atoms with van der Waals surface area (Å²) in [6, 6.07) is 16.9. The minimum Gasteiger partial charge on any atom is -0.406 e. The number of ether oxygens (including phenoxy) is 1. The van der Waals surface area contributed by atoms with Crippen molar-refractivity contribution in [1.29, 1.82) is 0 Å². The number of alkyl halides is 3. The molecule has 5 nitrogen and oxygen atoms in total. The standard InChI is InChI=1S/C22H20F3N3O2/c23-22(24,25)30-17-8-4-7-15(11-17)18-12-19-21(29)27-13-16(9-10-26)28(19)20(18)14-5-2-1-3-6-14/h1-8,11-12,16H,9-10,13,26H2,(H,27,29)/t16-/m1/s1. The molecule has 0 radical (unpaired) electrons. The number of amides is 1. The molecule has 2 heterocycles. The van der Waals surface area contributed by atoms with Crippen LogP contribution in [0.15, 0.2) is 60.7 Å². The molecular formula is C22H20F3N3O2. The SMILES string of the molecule is NCC[C@@H]1CNC(=O)c2cc(-c3cccc(OC(F)(F)F)c3)c(-c3ccccc3)n21. The van der Waals surface area contributed by atoms with E-state index in [1.165, 1.54) is 18.2 Å². The number of nitrogens with two attached hydrogens (primary N) is 1. The van der Waals surface area contributed by atoms with Gasteiger partial charge in [-0.15, -0.1) is 13.2 Å². The average Bonchev–Trinajstić information content (AvgIpc) is 3.12. The predicted molar refractivity (Wildman–Crippen MR) is 107 cm³/mol. The molecule has 1 aliphatic heterocycles. The van der Waals surface area contributed by atoms with Gasteiger partial charge in [0.2, 0.25) is 0 Å². The fraction of sp³-hybridized carbons (Fsp3) is 0.227. The molecule has 1 aliphatic rings. The molecule has 0 spiro atoms. The maximum absolute atomic E-state index is 12.7. The lowest BCUT2D eigenvalue weighted by atomic mass is 10.0. The monoisotopic (exact) mass is 415 g/mol. The van der Waals surface area contributed by atoms with E-state index in [2.05, 4.69) is 10.1 Å². The summed E-state index contributed by atoms with van der Waals surface area (Å²) in [5.41, 5.74) is 9.05. The lowest BCUT2D eigenvalue weighted by Gasteiger charge is -2.28. The first-order valence-electron chi connectivity index (χ1n) is 9.52. The molecule has 8 heteroatoms. The summed E-state index contributed by atoms with van der Waals surface area (Å²) in [6.07, 6.45) is -4.13. The van der Waals surface area contributed by atoms with Crippen molar-refractivity contribution in [3.63, 3.8) is 0 Å². The minimum absolute atomic E-state index is 0.0544. The van der Waals surface area contributed by atoms with E-state index in [-0.39, 0.29) is 17.7 Å². The van der Waals surface area contributed by atoms with E-state index < -0.39 is 6.36 Å². The number of nitrogens with zero attached hydrogens (tertiary/aromatic N) is 1. The molecule has 0 fully saturated rings. The third-order valence-electron chi connectivity index (χ3n) is 5.06. The number of carbonyl (C=O) groups excluding carboxylic acids is 1. The number of hydrogen-bond donors (Lipinski definition) is 2. The van der Waals surface area contributed by atoms with Gasteiger partial charge in [-0.05, 0) is 42.3 Å². The molecule has 1 aromatic heterocycles. The first-order chi connectivity index (χ1) is 14.4. The van der Waals surface area contributed by atoms with Crippen molar-refractivity contribution >= 4 is 5.91 Å². The second kappa shape index (κ2) is 7.87. The number of rotatable bonds is 5. The molecule has 3 N–H and O–H groups in total. The molecule has 2 aromatic carbocycles. The molecule has 30 heavy (non-hydrogen) atoms. The molecule has 0 aliphatic carbocycles. The van der Waals surface area contributed by atoms with Crippen LogP contribution in [0.25, 0.3) is 22.4 Å². The molecule has 156 valence electrons. The van der Waals surface area contributed by atoms with Gasteiger partial charge in [0.1, 0.15) is 11.4 Å². The Morgan fingerprint density at radius 2 is 1.80 bits per heavy atom. The van der Waals surface area contributed by atoms with Crippen molar-refractivity contribution in [2.24, 2.45) is 5.73 Å². The maximum atomic E-state index is 12.7. The Hall–Kier alpha value is -3.26. The van der Waals surface area contributed by atoms with Crippen molar-refractivity contribution in [2.75, 3.05) is 13.1 Å². The number of fused-ring (bicyclic) bond motifs is 1. The largest absolute Gasteiger partial charge is 0.573 e. The zero-order valence-corrected chi connectivity index (χ0v) is 15.9. The summed E-state index contributed by atoms with van der Waals surface area (Å²) in [5.74, 6) is -0.541. The van der Waals surface area contributed by atoms with Gasteiger partial charge in [-0.2, -0.15) is 0 Å². The van der Waals surface area contributed by atoms with E-state index in [4.69, 9.17) is 5.73 Å². The van der Waals surface area contributed by atoms with Crippen molar-refractivity contribution in [3.8, 4) is 28.1 Å². The average molecular weight is 415 g/mol. The molecule has 3 aromatic rings. The van der Waals surface area contributed by atoms with Gasteiger partial charge >= 0.3 is 6.36 Å². The maximum Gasteiger partial charge on any atom is 0.573 e. The summed E-state index contributed by atoms with van der Waals surface area (Å²) in [5, 5.41) is 2.87. The fourth-order valence-electron chi connectivity index (χ4n) is 3.87. The van der Waals surface area contributed by atoms with Crippen LogP contribution in [0.2, 0.25) is 0 Å². The highest BCUT2D eigenvalue weighted by molar-refractivity contribution is 5.98. The molecule has 1 atom stereocenters. The van der Waals surface area contributed by atoms with Gasteiger partial charge in [-0.3, -0.25) is 4.79 Å². The van der Waals surface area contributed by atoms with Gasteiger partial charge in [0.25, 0.3) is 5.91 Å². The first-order valence-corrected chi connectivity index (χ1v) is 9.52. The summed E-state index contributed by atoms with van der Waals surface area (Å²) in [6.45, 7) is 0.880. The van der Waals surface area contributed by atoms with Crippen LogP contribution < -0.4 is 15.8 Å². The Labute approximate surface area is 171 Å². The zero-order chi connectivity index (χ0) is 21.3. The third-order valence-corrected chi connectivity index (χ3v) is 5.06. The van der Waals surface area contributed by atoms with E-state index in [1.807, 2.05) is 34.9 Å².